The molecule has 0 aliphatic heterocycles. The molecule has 1 aromatic carbocycles. The Labute approximate surface area is 120 Å². The summed E-state index contributed by atoms with van der Waals surface area (Å²) < 4.78 is 1.11. The van der Waals surface area contributed by atoms with Gasteiger partial charge in [0.1, 0.15) is 0 Å². The molecule has 0 heterocycles. The highest BCUT2D eigenvalue weighted by atomic mass is 79.9. The molecule has 2 N–H and O–H groups in total. The zero-order valence-electron chi connectivity index (χ0n) is 10.3. The van der Waals surface area contributed by atoms with Crippen LogP contribution < -0.4 is 10.6 Å². The van der Waals surface area contributed by atoms with Crippen molar-refractivity contribution in [2.75, 3.05) is 12.8 Å². The molecular formula is C13H17BrN2OS. The van der Waals surface area contributed by atoms with Crippen molar-refractivity contribution in [2.24, 2.45) is 0 Å². The molecule has 5 heteroatoms. The van der Waals surface area contributed by atoms with Gasteiger partial charge in [-0.25, -0.2) is 0 Å². The highest BCUT2D eigenvalue weighted by Crippen LogP contribution is 2.26. The second kappa shape index (κ2) is 6.59. The van der Waals surface area contributed by atoms with E-state index in [0.717, 1.165) is 22.0 Å². The zero-order chi connectivity index (χ0) is 13.0. The van der Waals surface area contributed by atoms with E-state index in [1.54, 1.807) is 18.8 Å². The van der Waals surface area contributed by atoms with Crippen LogP contribution in [0.2, 0.25) is 0 Å². The van der Waals surface area contributed by atoms with Crippen molar-refractivity contribution in [3.8, 4) is 0 Å². The van der Waals surface area contributed by atoms with Gasteiger partial charge in [0.2, 0.25) is 5.91 Å². The van der Waals surface area contributed by atoms with Gasteiger partial charge in [0.25, 0.3) is 0 Å². The summed E-state index contributed by atoms with van der Waals surface area (Å²) in [6.07, 6.45) is 2.61. The summed E-state index contributed by atoms with van der Waals surface area (Å²) in [5.41, 5.74) is 1.27. The number of amides is 1. The number of rotatable bonds is 6. The van der Waals surface area contributed by atoms with Crippen LogP contribution >= 0.6 is 27.7 Å². The maximum Gasteiger partial charge on any atom is 0.230 e. The highest BCUT2D eigenvalue weighted by Gasteiger charge is 2.20. The van der Waals surface area contributed by atoms with Gasteiger partial charge in [-0.05, 0) is 30.5 Å². The first kappa shape index (κ1) is 13.9. The summed E-state index contributed by atoms with van der Waals surface area (Å²) in [7, 11) is 1.66. The molecule has 1 aliphatic carbocycles. The SMILES string of the molecule is CNC(=O)CSc1ccc(CNC2CC2)c(Br)c1. The van der Waals surface area contributed by atoms with Crippen molar-refractivity contribution in [3.05, 3.63) is 28.2 Å². The minimum Gasteiger partial charge on any atom is -0.358 e. The number of thioether (sulfide) groups is 1. The van der Waals surface area contributed by atoms with Gasteiger partial charge in [-0.1, -0.05) is 22.0 Å². The Morgan fingerprint density at radius 3 is 2.89 bits per heavy atom. The monoisotopic (exact) mass is 328 g/mol. The van der Waals surface area contributed by atoms with Crippen LogP contribution in [0.5, 0.6) is 0 Å². The van der Waals surface area contributed by atoms with Gasteiger partial charge in [-0.2, -0.15) is 0 Å². The average Bonchev–Trinajstić information content (AvgIpc) is 3.18. The Morgan fingerprint density at radius 1 is 1.50 bits per heavy atom. The van der Waals surface area contributed by atoms with Gasteiger partial charge in [0.05, 0.1) is 5.75 Å². The van der Waals surface area contributed by atoms with Crippen molar-refractivity contribution >= 4 is 33.6 Å². The summed E-state index contributed by atoms with van der Waals surface area (Å²) in [5.74, 6) is 0.512. The van der Waals surface area contributed by atoms with Crippen LogP contribution in [0.25, 0.3) is 0 Å². The van der Waals surface area contributed by atoms with E-state index in [1.165, 1.54) is 18.4 Å². The molecule has 98 valence electrons. The quantitative estimate of drug-likeness (QED) is 0.788. The molecule has 0 atom stereocenters. The Bertz CT molecular complexity index is 435. The lowest BCUT2D eigenvalue weighted by Gasteiger charge is -2.08. The summed E-state index contributed by atoms with van der Waals surface area (Å²) in [6, 6.07) is 6.99. The van der Waals surface area contributed by atoms with E-state index in [2.05, 4.69) is 44.8 Å². The predicted octanol–water partition coefficient (Wildman–Crippen LogP) is 2.54. The first-order valence-electron chi connectivity index (χ1n) is 6.04. The van der Waals surface area contributed by atoms with Crippen molar-refractivity contribution in [1.29, 1.82) is 0 Å². The van der Waals surface area contributed by atoms with Gasteiger partial charge in [-0.15, -0.1) is 11.8 Å². The summed E-state index contributed by atoms with van der Waals surface area (Å²) in [5, 5.41) is 6.11. The summed E-state index contributed by atoms with van der Waals surface area (Å²) in [6.45, 7) is 0.908. The molecule has 0 saturated heterocycles. The molecule has 1 aliphatic rings. The number of hydrogen-bond acceptors (Lipinski definition) is 3. The van der Waals surface area contributed by atoms with Crippen LogP contribution in [0.1, 0.15) is 18.4 Å². The lowest BCUT2D eigenvalue weighted by atomic mass is 10.2. The van der Waals surface area contributed by atoms with Crippen molar-refractivity contribution < 1.29 is 4.79 Å². The standard InChI is InChI=1S/C13H17BrN2OS/c1-15-13(17)8-18-11-5-2-9(12(14)6-11)7-16-10-3-4-10/h2,5-6,10,16H,3-4,7-8H2,1H3,(H,15,17). The Hall–Kier alpha value is -0.520. The maximum absolute atomic E-state index is 11.2. The first-order valence-corrected chi connectivity index (χ1v) is 7.82. The van der Waals surface area contributed by atoms with Crippen LogP contribution in [0.15, 0.2) is 27.6 Å². The van der Waals surface area contributed by atoms with Crippen LogP contribution in [-0.4, -0.2) is 24.7 Å². The molecule has 2 rings (SSSR count). The third-order valence-corrected chi connectivity index (χ3v) is 4.56. The molecule has 3 nitrogen and oxygen atoms in total. The van der Waals surface area contributed by atoms with E-state index >= 15 is 0 Å². The van der Waals surface area contributed by atoms with Crippen LogP contribution in [0, 0.1) is 0 Å². The summed E-state index contributed by atoms with van der Waals surface area (Å²) in [4.78, 5) is 12.3. The molecule has 0 aromatic heterocycles. The van der Waals surface area contributed by atoms with Crippen LogP contribution in [0.3, 0.4) is 0 Å². The van der Waals surface area contributed by atoms with E-state index in [-0.39, 0.29) is 5.91 Å². The molecule has 0 bridgehead atoms. The van der Waals surface area contributed by atoms with E-state index in [0.29, 0.717) is 5.75 Å². The number of halogens is 1. The van der Waals surface area contributed by atoms with Crippen LogP contribution in [-0.2, 0) is 11.3 Å². The smallest absolute Gasteiger partial charge is 0.230 e. The average molecular weight is 329 g/mol. The third-order valence-electron chi connectivity index (χ3n) is 2.83. The molecule has 1 saturated carbocycles. The second-order valence-corrected chi connectivity index (χ2v) is 6.27. The first-order chi connectivity index (χ1) is 8.69. The van der Waals surface area contributed by atoms with E-state index < -0.39 is 0 Å². The van der Waals surface area contributed by atoms with Gasteiger partial charge in [0, 0.05) is 29.0 Å². The predicted molar refractivity (Wildman–Crippen MR) is 78.8 cm³/mol. The maximum atomic E-state index is 11.2. The lowest BCUT2D eigenvalue weighted by Crippen LogP contribution is -2.19. The second-order valence-electron chi connectivity index (χ2n) is 4.37. The molecule has 1 aromatic rings. The van der Waals surface area contributed by atoms with Gasteiger partial charge in [-0.3, -0.25) is 4.79 Å². The van der Waals surface area contributed by atoms with Gasteiger partial charge in [0.15, 0.2) is 0 Å². The fourth-order valence-electron chi connectivity index (χ4n) is 1.52. The molecule has 0 radical (unpaired) electrons. The zero-order valence-corrected chi connectivity index (χ0v) is 12.7. The van der Waals surface area contributed by atoms with E-state index in [1.807, 2.05) is 0 Å². The topological polar surface area (TPSA) is 41.1 Å². The van der Waals surface area contributed by atoms with E-state index in [9.17, 15) is 4.79 Å². The highest BCUT2D eigenvalue weighted by molar-refractivity contribution is 9.10. The Morgan fingerprint density at radius 2 is 2.28 bits per heavy atom. The number of carbonyl (C=O) groups excluding carboxylic acids is 1. The van der Waals surface area contributed by atoms with Crippen molar-refractivity contribution in [1.82, 2.24) is 10.6 Å². The van der Waals surface area contributed by atoms with E-state index in [4.69, 9.17) is 0 Å². The summed E-state index contributed by atoms with van der Waals surface area (Å²) >= 11 is 5.14. The number of benzene rings is 1. The third kappa shape index (κ3) is 4.30. The van der Waals surface area contributed by atoms with Crippen molar-refractivity contribution in [3.63, 3.8) is 0 Å². The fraction of sp³-hybridized carbons (Fsp3) is 0.462. The number of hydrogen-bond donors (Lipinski definition) is 2. The largest absolute Gasteiger partial charge is 0.358 e. The number of carbonyl (C=O) groups is 1. The minimum absolute atomic E-state index is 0.0515. The van der Waals surface area contributed by atoms with Crippen LogP contribution in [0.4, 0.5) is 0 Å². The normalized spacial score (nSPS) is 14.6. The van der Waals surface area contributed by atoms with Gasteiger partial charge < -0.3 is 10.6 Å². The van der Waals surface area contributed by atoms with Gasteiger partial charge >= 0.3 is 0 Å². The number of nitrogens with one attached hydrogen (secondary N) is 2. The van der Waals surface area contributed by atoms with Crippen molar-refractivity contribution in [2.45, 2.75) is 30.3 Å². The Kier molecular flexibility index (Phi) is 5.09. The molecule has 0 spiro atoms. The molecule has 1 fully saturated rings. The minimum atomic E-state index is 0.0515. The lowest BCUT2D eigenvalue weighted by molar-refractivity contribution is -0.118. The molecule has 0 unspecified atom stereocenters. The molecule has 1 amide bonds. The molecular weight excluding hydrogens is 312 g/mol. The fourth-order valence-corrected chi connectivity index (χ4v) is 3.00. The Balaban J connectivity index is 1.88. The molecule has 18 heavy (non-hydrogen) atoms.